The van der Waals surface area contributed by atoms with Crippen molar-refractivity contribution in [3.05, 3.63) is 215 Å². The summed E-state index contributed by atoms with van der Waals surface area (Å²) in [7, 11) is 0. The molecule has 13 rings (SSSR count). The fraction of sp³-hybridized carbons (Fsp3) is 0.292. The molecule has 0 saturated heterocycles. The van der Waals surface area contributed by atoms with Crippen molar-refractivity contribution in [2.24, 2.45) is 0 Å². The number of aryl methyl sites for hydroxylation is 2. The first-order valence-electron chi connectivity index (χ1n) is 25.6. The molecule has 3 aliphatic carbocycles. The number of aromatic nitrogens is 2. The van der Waals surface area contributed by atoms with E-state index >= 15 is 0 Å². The van der Waals surface area contributed by atoms with Gasteiger partial charge in [-0.1, -0.05) is 137 Å². The van der Waals surface area contributed by atoms with Crippen LogP contribution in [0.15, 0.2) is 170 Å². The topological polar surface area (TPSA) is 32.3 Å². The van der Waals surface area contributed by atoms with Gasteiger partial charge in [-0.15, -0.1) is 0 Å². The lowest BCUT2D eigenvalue weighted by molar-refractivity contribution is 0.195. The van der Waals surface area contributed by atoms with E-state index in [-0.39, 0.29) is 21.9 Å². The van der Waals surface area contributed by atoms with Gasteiger partial charge in [-0.05, 0) is 181 Å². The van der Waals surface area contributed by atoms with E-state index in [0.717, 1.165) is 11.4 Å². The van der Waals surface area contributed by atoms with E-state index in [0.29, 0.717) is 0 Å². The molecule has 0 N–H and O–H groups in total. The van der Waals surface area contributed by atoms with Gasteiger partial charge in [0.2, 0.25) is 0 Å². The van der Waals surface area contributed by atoms with Crippen LogP contribution >= 0.6 is 0 Å². The Kier molecular flexibility index (Phi) is 9.27. The van der Waals surface area contributed by atoms with Crippen molar-refractivity contribution < 1.29 is 0 Å². The summed E-state index contributed by atoms with van der Waals surface area (Å²) in [5.41, 5.74) is 22.6. The SMILES string of the molecule is Cc1cc(N2c3ccc(-c4ccc5c(c4)C(c4ccccc4)(c4ccccc4)c4cc(-c6ccc7c(c6)C6(C)CCCCC6(C)N7c6ccnc(C)c6)ccc4-5)cc3C3(C)CCCCC23C)ccn1. The molecule has 8 aromatic rings. The number of hydrogen-bond acceptors (Lipinski definition) is 4. The molecule has 6 aromatic carbocycles. The molecule has 4 unspecified atom stereocenters. The molecule has 342 valence electrons. The van der Waals surface area contributed by atoms with Crippen LogP contribution in [0.3, 0.4) is 0 Å². The minimum atomic E-state index is -0.541. The van der Waals surface area contributed by atoms with Crippen LogP contribution in [0.25, 0.3) is 33.4 Å². The fourth-order valence-electron chi connectivity index (χ4n) is 14.8. The predicted molar refractivity (Wildman–Crippen MR) is 285 cm³/mol. The number of hydrogen-bond donors (Lipinski definition) is 0. The number of pyridine rings is 2. The van der Waals surface area contributed by atoms with E-state index in [1.807, 2.05) is 12.4 Å². The zero-order chi connectivity index (χ0) is 46.9. The molecule has 2 aromatic heterocycles. The molecule has 0 bridgehead atoms. The number of rotatable bonds is 6. The summed E-state index contributed by atoms with van der Waals surface area (Å²) in [6.45, 7) is 14.3. The highest BCUT2D eigenvalue weighted by Gasteiger charge is 2.59. The Balaban J connectivity index is 0.981. The second kappa shape index (κ2) is 15.1. The van der Waals surface area contributed by atoms with Gasteiger partial charge in [-0.3, -0.25) is 9.97 Å². The molecule has 2 aliphatic heterocycles. The van der Waals surface area contributed by atoms with Crippen LogP contribution in [0.4, 0.5) is 22.7 Å². The van der Waals surface area contributed by atoms with Crippen molar-refractivity contribution in [2.75, 3.05) is 9.80 Å². The molecule has 5 aliphatic rings. The van der Waals surface area contributed by atoms with Crippen LogP contribution in [0, 0.1) is 13.8 Å². The molecule has 4 nitrogen and oxygen atoms in total. The number of benzene rings is 6. The van der Waals surface area contributed by atoms with Gasteiger partial charge in [-0.25, -0.2) is 0 Å². The average Bonchev–Trinajstić information content (AvgIpc) is 3.87. The van der Waals surface area contributed by atoms with Crippen LogP contribution in [0.1, 0.15) is 124 Å². The summed E-state index contributed by atoms with van der Waals surface area (Å²) in [6.07, 6.45) is 13.7. The minimum absolute atomic E-state index is 0.00983. The Labute approximate surface area is 409 Å². The maximum Gasteiger partial charge on any atom is 0.0713 e. The van der Waals surface area contributed by atoms with Gasteiger partial charge in [-0.2, -0.15) is 0 Å². The third kappa shape index (κ3) is 5.75. The van der Waals surface area contributed by atoms with E-state index in [4.69, 9.17) is 0 Å². The Bertz CT molecular complexity index is 3130. The quantitative estimate of drug-likeness (QED) is 0.166. The first-order valence-corrected chi connectivity index (χ1v) is 25.6. The molecule has 4 heteroatoms. The Hall–Kier alpha value is -6.78. The zero-order valence-electron chi connectivity index (χ0n) is 41.1. The van der Waals surface area contributed by atoms with Crippen molar-refractivity contribution in [3.8, 4) is 33.4 Å². The lowest BCUT2D eigenvalue weighted by atomic mass is 9.61. The molecule has 2 saturated carbocycles. The van der Waals surface area contributed by atoms with E-state index in [1.54, 1.807) is 0 Å². The monoisotopic (exact) mass is 898 g/mol. The molecule has 0 amide bonds. The molecule has 2 fully saturated rings. The van der Waals surface area contributed by atoms with E-state index in [1.165, 1.54) is 141 Å². The fourth-order valence-corrected chi connectivity index (χ4v) is 14.8. The standard InChI is InChI=1S/C65H62N4/c1-43-37-51(29-35-66-43)68-59-27-23-47(41-57(59)61(3)31-13-15-33-63(61,68)5)45-21-25-53-54-26-22-46(40-56(54)65(55(53)39-45,49-17-9-7-10-18-49)50-19-11-8-12-20-50)48-24-28-60-58(42-48)62(4)32-14-16-34-64(62,6)69(60)52-30-36-67-44(2)38-52/h7-12,17-30,35-42H,13-16,31-34H2,1-6H3. The summed E-state index contributed by atoms with van der Waals surface area (Å²) in [5, 5.41) is 0. The first-order chi connectivity index (χ1) is 33.5. The van der Waals surface area contributed by atoms with Gasteiger partial charge in [0.1, 0.15) is 0 Å². The van der Waals surface area contributed by atoms with E-state index in [2.05, 4.69) is 219 Å². The van der Waals surface area contributed by atoms with Crippen LogP contribution in [-0.2, 0) is 16.2 Å². The number of nitrogens with zero attached hydrogens (tertiary/aromatic N) is 4. The van der Waals surface area contributed by atoms with Gasteiger partial charge in [0.25, 0.3) is 0 Å². The van der Waals surface area contributed by atoms with Gasteiger partial charge < -0.3 is 9.80 Å². The predicted octanol–water partition coefficient (Wildman–Crippen LogP) is 16.3. The first kappa shape index (κ1) is 42.3. The Morgan fingerprint density at radius 3 is 1.17 bits per heavy atom. The van der Waals surface area contributed by atoms with Gasteiger partial charge in [0, 0.05) is 57.4 Å². The largest absolute Gasteiger partial charge is 0.334 e. The molecular formula is C65H62N4. The van der Waals surface area contributed by atoms with E-state index < -0.39 is 5.41 Å². The van der Waals surface area contributed by atoms with Crippen LogP contribution in [-0.4, -0.2) is 21.0 Å². The lowest BCUT2D eigenvalue weighted by Crippen LogP contribution is -2.54. The summed E-state index contributed by atoms with van der Waals surface area (Å²) >= 11 is 0. The maximum absolute atomic E-state index is 4.60. The number of anilines is 4. The van der Waals surface area contributed by atoms with Gasteiger partial charge >= 0.3 is 0 Å². The summed E-state index contributed by atoms with van der Waals surface area (Å²) < 4.78 is 0. The number of fused-ring (bicyclic) bond motifs is 9. The summed E-state index contributed by atoms with van der Waals surface area (Å²) in [6, 6.07) is 61.1. The smallest absolute Gasteiger partial charge is 0.0713 e. The third-order valence-electron chi connectivity index (χ3n) is 18.7. The van der Waals surface area contributed by atoms with Crippen molar-refractivity contribution in [1.82, 2.24) is 9.97 Å². The second-order valence-corrected chi connectivity index (χ2v) is 22.1. The highest BCUT2D eigenvalue weighted by atomic mass is 15.3. The molecule has 4 atom stereocenters. The van der Waals surface area contributed by atoms with Crippen molar-refractivity contribution in [2.45, 2.75) is 120 Å². The van der Waals surface area contributed by atoms with E-state index in [9.17, 15) is 0 Å². The third-order valence-corrected chi connectivity index (χ3v) is 18.7. The highest BCUT2D eigenvalue weighted by molar-refractivity contribution is 5.91. The van der Waals surface area contributed by atoms with Crippen LogP contribution in [0.5, 0.6) is 0 Å². The normalized spacial score (nSPS) is 24.8. The molecule has 0 spiro atoms. The highest BCUT2D eigenvalue weighted by Crippen LogP contribution is 2.64. The molecule has 0 radical (unpaired) electrons. The van der Waals surface area contributed by atoms with Crippen LogP contribution in [0.2, 0.25) is 0 Å². The van der Waals surface area contributed by atoms with Gasteiger partial charge in [0.05, 0.1) is 16.5 Å². The summed E-state index contributed by atoms with van der Waals surface area (Å²) in [4.78, 5) is 14.5. The molecule has 4 heterocycles. The summed E-state index contributed by atoms with van der Waals surface area (Å²) in [5.74, 6) is 0. The second-order valence-electron chi connectivity index (χ2n) is 22.1. The van der Waals surface area contributed by atoms with Crippen molar-refractivity contribution in [1.29, 1.82) is 0 Å². The van der Waals surface area contributed by atoms with Gasteiger partial charge in [0.15, 0.2) is 0 Å². The Morgan fingerprint density at radius 1 is 0.391 bits per heavy atom. The average molecular weight is 899 g/mol. The lowest BCUT2D eigenvalue weighted by Gasteiger charge is -2.50. The molecular weight excluding hydrogens is 837 g/mol. The maximum atomic E-state index is 4.60. The van der Waals surface area contributed by atoms with Crippen LogP contribution < -0.4 is 9.80 Å². The van der Waals surface area contributed by atoms with Crippen molar-refractivity contribution >= 4 is 22.7 Å². The Morgan fingerprint density at radius 2 is 0.768 bits per heavy atom. The zero-order valence-corrected chi connectivity index (χ0v) is 41.1. The molecule has 69 heavy (non-hydrogen) atoms. The van der Waals surface area contributed by atoms with Crippen molar-refractivity contribution in [3.63, 3.8) is 0 Å². The minimum Gasteiger partial charge on any atom is -0.334 e.